The quantitative estimate of drug-likeness (QED) is 0.355. The molecule has 0 heterocycles. The molecule has 3 aromatic carbocycles. The van der Waals surface area contributed by atoms with E-state index < -0.39 is 0 Å². The molecule has 0 radical (unpaired) electrons. The van der Waals surface area contributed by atoms with Crippen molar-refractivity contribution in [3.05, 3.63) is 102 Å². The van der Waals surface area contributed by atoms with Gasteiger partial charge in [0, 0.05) is 17.0 Å². The Bertz CT molecular complexity index is 921. The normalized spacial score (nSPS) is 10.7. The highest BCUT2D eigenvalue weighted by Gasteiger charge is 2.14. The van der Waals surface area contributed by atoms with Gasteiger partial charge in [-0.2, -0.15) is 0 Å². The highest BCUT2D eigenvalue weighted by Crippen LogP contribution is 2.26. The molecule has 0 bridgehead atoms. The maximum atomic E-state index is 12.2. The van der Waals surface area contributed by atoms with Gasteiger partial charge in [-0.05, 0) is 30.2 Å². The lowest BCUT2D eigenvalue weighted by atomic mass is 10.0. The Kier molecular flexibility index (Phi) is 8.24. The molecule has 1 amide bonds. The van der Waals surface area contributed by atoms with Crippen molar-refractivity contribution in [3.63, 3.8) is 0 Å². The second-order valence-corrected chi connectivity index (χ2v) is 7.92. The van der Waals surface area contributed by atoms with E-state index in [0.29, 0.717) is 29.4 Å². The molecule has 0 unspecified atom stereocenters. The van der Waals surface area contributed by atoms with Gasteiger partial charge in [-0.15, -0.1) is 11.8 Å². The molecule has 1 N–H and O–H groups in total. The van der Waals surface area contributed by atoms with Crippen LogP contribution in [0.1, 0.15) is 34.5 Å². The van der Waals surface area contributed by atoms with Crippen LogP contribution >= 0.6 is 11.8 Å². The number of rotatable bonds is 10. The molecule has 30 heavy (non-hydrogen) atoms. The zero-order valence-electron chi connectivity index (χ0n) is 16.9. The summed E-state index contributed by atoms with van der Waals surface area (Å²) in [6, 6.07) is 27.2. The molecule has 3 rings (SSSR count). The maximum Gasteiger partial charge on any atom is 0.234 e. The van der Waals surface area contributed by atoms with Crippen molar-refractivity contribution in [1.82, 2.24) is 0 Å². The first-order valence-corrected chi connectivity index (χ1v) is 11.0. The van der Waals surface area contributed by atoms with E-state index in [4.69, 9.17) is 4.74 Å². The van der Waals surface area contributed by atoms with Gasteiger partial charge in [-0.25, -0.2) is 0 Å². The minimum atomic E-state index is -0.129. The third-order valence-corrected chi connectivity index (χ3v) is 5.42. The Morgan fingerprint density at radius 2 is 1.53 bits per heavy atom. The molecule has 0 atom stereocenters. The van der Waals surface area contributed by atoms with Crippen LogP contribution in [0.15, 0.2) is 84.9 Å². The average Bonchev–Trinajstić information content (AvgIpc) is 2.77. The van der Waals surface area contributed by atoms with Gasteiger partial charge in [0.15, 0.2) is 5.78 Å². The van der Waals surface area contributed by atoms with Crippen molar-refractivity contribution >= 4 is 29.1 Å². The van der Waals surface area contributed by atoms with Crippen LogP contribution in [0, 0.1) is 0 Å². The lowest BCUT2D eigenvalue weighted by Gasteiger charge is -2.19. The number of nitrogens with one attached hydrogen (secondary N) is 1. The zero-order valence-corrected chi connectivity index (χ0v) is 17.7. The SMILES string of the molecule is CC(=O)c1cccc(NC(=O)CSCCOC(c2ccccc2)c2ccccc2)c1. The fraction of sp³-hybridized carbons (Fsp3) is 0.200. The van der Waals surface area contributed by atoms with Crippen LogP contribution in [0.2, 0.25) is 0 Å². The van der Waals surface area contributed by atoms with Crippen molar-refractivity contribution in [2.24, 2.45) is 0 Å². The molecule has 0 saturated carbocycles. The average molecular weight is 420 g/mol. The van der Waals surface area contributed by atoms with Crippen LogP contribution in [0.4, 0.5) is 5.69 Å². The number of carbonyl (C=O) groups excluding carboxylic acids is 2. The predicted octanol–water partition coefficient (Wildman–Crippen LogP) is 5.37. The number of hydrogen-bond donors (Lipinski definition) is 1. The molecule has 0 aromatic heterocycles. The standard InChI is InChI=1S/C25H25NO3S/c1-19(27)22-13-8-14-23(17-22)26-24(28)18-30-16-15-29-25(20-9-4-2-5-10-20)21-11-6-3-7-12-21/h2-14,17,25H,15-16,18H2,1H3,(H,26,28). The fourth-order valence-corrected chi connectivity index (χ4v) is 3.66. The number of benzene rings is 3. The van der Waals surface area contributed by atoms with Gasteiger partial charge in [-0.3, -0.25) is 9.59 Å². The van der Waals surface area contributed by atoms with Gasteiger partial charge in [-0.1, -0.05) is 72.8 Å². The van der Waals surface area contributed by atoms with Crippen LogP contribution in [0.3, 0.4) is 0 Å². The lowest BCUT2D eigenvalue weighted by molar-refractivity contribution is -0.113. The molecule has 0 saturated heterocycles. The summed E-state index contributed by atoms with van der Waals surface area (Å²) in [5.74, 6) is 0.916. The van der Waals surface area contributed by atoms with E-state index >= 15 is 0 Å². The zero-order chi connectivity index (χ0) is 21.2. The number of hydrogen-bond acceptors (Lipinski definition) is 4. The van der Waals surface area contributed by atoms with E-state index in [9.17, 15) is 9.59 Å². The summed E-state index contributed by atoms with van der Waals surface area (Å²) >= 11 is 1.52. The fourth-order valence-electron chi connectivity index (χ4n) is 3.04. The third kappa shape index (κ3) is 6.58. The van der Waals surface area contributed by atoms with E-state index in [1.165, 1.54) is 18.7 Å². The molecular formula is C25H25NO3S. The Labute approximate surface area is 181 Å². The summed E-state index contributed by atoms with van der Waals surface area (Å²) in [5, 5.41) is 2.84. The van der Waals surface area contributed by atoms with Gasteiger partial charge in [0.05, 0.1) is 12.4 Å². The van der Waals surface area contributed by atoms with Gasteiger partial charge in [0.2, 0.25) is 5.91 Å². The Hall–Kier alpha value is -2.89. The lowest BCUT2D eigenvalue weighted by Crippen LogP contribution is -2.15. The van der Waals surface area contributed by atoms with Gasteiger partial charge >= 0.3 is 0 Å². The van der Waals surface area contributed by atoms with Crippen LogP contribution in [0.5, 0.6) is 0 Å². The molecule has 0 aliphatic rings. The van der Waals surface area contributed by atoms with E-state index in [2.05, 4.69) is 29.6 Å². The minimum Gasteiger partial charge on any atom is -0.368 e. The van der Waals surface area contributed by atoms with E-state index in [1.807, 2.05) is 36.4 Å². The molecular weight excluding hydrogens is 394 g/mol. The van der Waals surface area contributed by atoms with Crippen LogP contribution in [-0.4, -0.2) is 29.8 Å². The second-order valence-electron chi connectivity index (χ2n) is 6.81. The molecule has 154 valence electrons. The topological polar surface area (TPSA) is 55.4 Å². The number of thioether (sulfide) groups is 1. The summed E-state index contributed by atoms with van der Waals surface area (Å²) < 4.78 is 6.17. The number of anilines is 1. The first kappa shape index (κ1) is 21.8. The number of ether oxygens (including phenoxy) is 1. The van der Waals surface area contributed by atoms with Crippen LogP contribution < -0.4 is 5.32 Å². The third-order valence-electron chi connectivity index (χ3n) is 4.50. The van der Waals surface area contributed by atoms with Gasteiger partial charge in [0.25, 0.3) is 0 Å². The second kappa shape index (κ2) is 11.3. The minimum absolute atomic E-state index is 0.0241. The smallest absolute Gasteiger partial charge is 0.234 e. The summed E-state index contributed by atoms with van der Waals surface area (Å²) in [4.78, 5) is 23.6. The van der Waals surface area contributed by atoms with Crippen LogP contribution in [-0.2, 0) is 9.53 Å². The van der Waals surface area contributed by atoms with Crippen molar-refractivity contribution in [1.29, 1.82) is 0 Å². The van der Waals surface area contributed by atoms with Crippen molar-refractivity contribution in [3.8, 4) is 0 Å². The largest absolute Gasteiger partial charge is 0.368 e. The molecule has 3 aromatic rings. The molecule has 0 fully saturated rings. The van der Waals surface area contributed by atoms with E-state index in [1.54, 1.807) is 24.3 Å². The van der Waals surface area contributed by atoms with Crippen molar-refractivity contribution in [2.45, 2.75) is 13.0 Å². The molecule has 0 spiro atoms. The molecule has 0 aliphatic heterocycles. The van der Waals surface area contributed by atoms with Crippen molar-refractivity contribution in [2.75, 3.05) is 23.4 Å². The van der Waals surface area contributed by atoms with E-state index in [0.717, 1.165) is 11.1 Å². The first-order chi connectivity index (χ1) is 14.6. The number of Topliss-reactive ketones (excluding diaryl/α,β-unsaturated/α-hetero) is 1. The number of carbonyl (C=O) groups is 2. The maximum absolute atomic E-state index is 12.2. The van der Waals surface area contributed by atoms with Crippen molar-refractivity contribution < 1.29 is 14.3 Å². The summed E-state index contributed by atoms with van der Waals surface area (Å²) in [6.45, 7) is 2.04. The molecule has 5 heteroatoms. The molecule has 4 nitrogen and oxygen atoms in total. The Balaban J connectivity index is 1.47. The number of amides is 1. The van der Waals surface area contributed by atoms with Gasteiger partial charge < -0.3 is 10.1 Å². The highest BCUT2D eigenvalue weighted by atomic mass is 32.2. The summed E-state index contributed by atoms with van der Waals surface area (Å²) in [7, 11) is 0. The Morgan fingerprint density at radius 3 is 2.13 bits per heavy atom. The predicted molar refractivity (Wildman–Crippen MR) is 123 cm³/mol. The summed E-state index contributed by atoms with van der Waals surface area (Å²) in [6.07, 6.45) is -0.129. The van der Waals surface area contributed by atoms with Gasteiger partial charge in [0.1, 0.15) is 6.10 Å². The Morgan fingerprint density at radius 1 is 0.900 bits per heavy atom. The first-order valence-electron chi connectivity index (χ1n) is 9.83. The number of ketones is 1. The van der Waals surface area contributed by atoms with E-state index in [-0.39, 0.29) is 17.8 Å². The highest BCUT2D eigenvalue weighted by molar-refractivity contribution is 7.99. The molecule has 0 aliphatic carbocycles. The monoisotopic (exact) mass is 419 g/mol. The summed E-state index contributed by atoms with van der Waals surface area (Å²) in [5.41, 5.74) is 3.44. The van der Waals surface area contributed by atoms with Crippen LogP contribution in [0.25, 0.3) is 0 Å².